The number of hydrogen-bond donors (Lipinski definition) is 1. The van der Waals surface area contributed by atoms with Crippen LogP contribution in [0.5, 0.6) is 5.75 Å². The number of nitrogens with zero attached hydrogens (tertiary/aromatic N) is 2. The second kappa shape index (κ2) is 7.10. The van der Waals surface area contributed by atoms with E-state index in [0.29, 0.717) is 0 Å². The summed E-state index contributed by atoms with van der Waals surface area (Å²) in [5.41, 5.74) is 2.41. The molecule has 0 fully saturated rings. The Hall–Kier alpha value is -1.81. The molecular formula is C16H23N3O. The van der Waals surface area contributed by atoms with Crippen molar-refractivity contribution in [3.05, 3.63) is 47.8 Å². The normalized spacial score (nSPS) is 12.3. The SMILES string of the molecule is CCCNC(Cc1ccccc1OC)c1ccnn1C. The van der Waals surface area contributed by atoms with Crippen LogP contribution in [0.15, 0.2) is 36.5 Å². The average Bonchev–Trinajstić information content (AvgIpc) is 2.90. The third-order valence-corrected chi connectivity index (χ3v) is 3.47. The third kappa shape index (κ3) is 3.39. The molecule has 1 atom stereocenters. The second-order valence-corrected chi connectivity index (χ2v) is 4.90. The van der Waals surface area contributed by atoms with Gasteiger partial charge in [0, 0.05) is 13.2 Å². The zero-order chi connectivity index (χ0) is 14.4. The first kappa shape index (κ1) is 14.6. The minimum Gasteiger partial charge on any atom is -0.496 e. The number of rotatable bonds is 7. The second-order valence-electron chi connectivity index (χ2n) is 4.90. The fraction of sp³-hybridized carbons (Fsp3) is 0.438. The number of nitrogens with one attached hydrogen (secondary N) is 1. The fourth-order valence-electron chi connectivity index (χ4n) is 2.42. The number of benzene rings is 1. The highest BCUT2D eigenvalue weighted by Crippen LogP contribution is 2.24. The Morgan fingerprint density at radius 1 is 1.30 bits per heavy atom. The molecule has 2 aromatic rings. The van der Waals surface area contributed by atoms with Gasteiger partial charge in [0.15, 0.2) is 0 Å². The highest BCUT2D eigenvalue weighted by atomic mass is 16.5. The van der Waals surface area contributed by atoms with Crippen LogP contribution in [0.1, 0.15) is 30.6 Å². The van der Waals surface area contributed by atoms with Crippen LogP contribution in [0.25, 0.3) is 0 Å². The van der Waals surface area contributed by atoms with Crippen LogP contribution in [-0.4, -0.2) is 23.4 Å². The minimum absolute atomic E-state index is 0.249. The fourth-order valence-corrected chi connectivity index (χ4v) is 2.42. The van der Waals surface area contributed by atoms with Crippen LogP contribution >= 0.6 is 0 Å². The van der Waals surface area contributed by atoms with Gasteiger partial charge in [0.25, 0.3) is 0 Å². The van der Waals surface area contributed by atoms with Gasteiger partial charge in [0.1, 0.15) is 5.75 Å². The summed E-state index contributed by atoms with van der Waals surface area (Å²) in [6, 6.07) is 10.5. The monoisotopic (exact) mass is 273 g/mol. The largest absolute Gasteiger partial charge is 0.496 e. The molecule has 0 radical (unpaired) electrons. The zero-order valence-electron chi connectivity index (χ0n) is 12.5. The lowest BCUT2D eigenvalue weighted by atomic mass is 10.0. The van der Waals surface area contributed by atoms with Gasteiger partial charge in [-0.15, -0.1) is 0 Å². The summed E-state index contributed by atoms with van der Waals surface area (Å²) in [6.45, 7) is 3.17. The molecule has 0 bridgehead atoms. The first-order valence-corrected chi connectivity index (χ1v) is 7.09. The number of aromatic nitrogens is 2. The summed E-state index contributed by atoms with van der Waals surface area (Å²) in [4.78, 5) is 0. The van der Waals surface area contributed by atoms with Crippen LogP contribution in [0.3, 0.4) is 0 Å². The number of para-hydroxylation sites is 1. The average molecular weight is 273 g/mol. The quantitative estimate of drug-likeness (QED) is 0.843. The summed E-state index contributed by atoms with van der Waals surface area (Å²) in [5, 5.41) is 7.87. The van der Waals surface area contributed by atoms with Crippen LogP contribution < -0.4 is 10.1 Å². The van der Waals surface area contributed by atoms with E-state index in [2.05, 4.69) is 35.5 Å². The highest BCUT2D eigenvalue weighted by molar-refractivity contribution is 5.34. The lowest BCUT2D eigenvalue weighted by Crippen LogP contribution is -2.26. The molecule has 4 heteroatoms. The van der Waals surface area contributed by atoms with Gasteiger partial charge in [-0.3, -0.25) is 4.68 Å². The molecule has 2 rings (SSSR count). The molecule has 0 aliphatic rings. The molecule has 1 aromatic heterocycles. The van der Waals surface area contributed by atoms with E-state index in [-0.39, 0.29) is 6.04 Å². The number of aryl methyl sites for hydroxylation is 1. The predicted octanol–water partition coefficient (Wildman–Crippen LogP) is 2.71. The Balaban J connectivity index is 2.21. The van der Waals surface area contributed by atoms with E-state index in [9.17, 15) is 0 Å². The van der Waals surface area contributed by atoms with Gasteiger partial charge in [-0.25, -0.2) is 0 Å². The van der Waals surface area contributed by atoms with E-state index in [0.717, 1.165) is 25.1 Å². The number of ether oxygens (including phenoxy) is 1. The number of methoxy groups -OCH3 is 1. The van der Waals surface area contributed by atoms with Crippen molar-refractivity contribution in [2.24, 2.45) is 7.05 Å². The van der Waals surface area contributed by atoms with Crippen molar-refractivity contribution in [2.75, 3.05) is 13.7 Å². The molecule has 0 saturated carbocycles. The van der Waals surface area contributed by atoms with Gasteiger partial charge >= 0.3 is 0 Å². The predicted molar refractivity (Wildman–Crippen MR) is 80.9 cm³/mol. The summed E-state index contributed by atoms with van der Waals surface area (Å²) < 4.78 is 7.38. The molecule has 1 aromatic carbocycles. The van der Waals surface area contributed by atoms with Crippen LogP contribution in [0, 0.1) is 0 Å². The van der Waals surface area contributed by atoms with Gasteiger partial charge in [-0.1, -0.05) is 25.1 Å². The molecule has 0 aliphatic heterocycles. The van der Waals surface area contributed by atoms with Crippen LogP contribution in [0.4, 0.5) is 0 Å². The first-order valence-electron chi connectivity index (χ1n) is 7.09. The molecule has 20 heavy (non-hydrogen) atoms. The maximum Gasteiger partial charge on any atom is 0.122 e. The van der Waals surface area contributed by atoms with E-state index >= 15 is 0 Å². The van der Waals surface area contributed by atoms with Gasteiger partial charge in [0.05, 0.1) is 18.8 Å². The van der Waals surface area contributed by atoms with Crippen molar-refractivity contribution < 1.29 is 4.74 Å². The summed E-state index contributed by atoms with van der Waals surface area (Å²) in [7, 11) is 3.70. The summed E-state index contributed by atoms with van der Waals surface area (Å²) in [5.74, 6) is 0.943. The molecule has 108 valence electrons. The van der Waals surface area contributed by atoms with Crippen molar-refractivity contribution >= 4 is 0 Å². The molecule has 0 aliphatic carbocycles. The van der Waals surface area contributed by atoms with E-state index in [1.54, 1.807) is 7.11 Å². The molecule has 0 spiro atoms. The zero-order valence-corrected chi connectivity index (χ0v) is 12.5. The first-order chi connectivity index (χ1) is 9.76. The number of hydrogen-bond acceptors (Lipinski definition) is 3. The summed E-state index contributed by atoms with van der Waals surface area (Å²) in [6.07, 6.45) is 3.85. The third-order valence-electron chi connectivity index (χ3n) is 3.47. The molecule has 1 N–H and O–H groups in total. The summed E-state index contributed by atoms with van der Waals surface area (Å²) >= 11 is 0. The maximum atomic E-state index is 5.45. The Morgan fingerprint density at radius 2 is 2.10 bits per heavy atom. The van der Waals surface area contributed by atoms with Crippen molar-refractivity contribution in [3.63, 3.8) is 0 Å². The van der Waals surface area contributed by atoms with Crippen molar-refractivity contribution in [3.8, 4) is 5.75 Å². The standard InChI is InChI=1S/C16H23N3O/c1-4-10-17-14(15-9-11-18-19(15)2)12-13-7-5-6-8-16(13)20-3/h5-9,11,14,17H,4,10,12H2,1-3H3. The Morgan fingerprint density at radius 3 is 2.75 bits per heavy atom. The highest BCUT2D eigenvalue weighted by Gasteiger charge is 2.16. The minimum atomic E-state index is 0.249. The molecule has 1 unspecified atom stereocenters. The topological polar surface area (TPSA) is 39.1 Å². The van der Waals surface area contributed by atoms with E-state index < -0.39 is 0 Å². The van der Waals surface area contributed by atoms with E-state index in [1.165, 1.54) is 11.3 Å². The maximum absolute atomic E-state index is 5.45. The van der Waals surface area contributed by atoms with Gasteiger partial charge in [-0.2, -0.15) is 5.10 Å². The smallest absolute Gasteiger partial charge is 0.122 e. The van der Waals surface area contributed by atoms with Crippen LogP contribution in [-0.2, 0) is 13.5 Å². The van der Waals surface area contributed by atoms with E-state index in [1.807, 2.05) is 30.1 Å². The van der Waals surface area contributed by atoms with E-state index in [4.69, 9.17) is 4.74 Å². The Bertz CT molecular complexity index is 536. The molecule has 0 saturated heterocycles. The van der Waals surface area contributed by atoms with Crippen molar-refractivity contribution in [2.45, 2.75) is 25.8 Å². The molecule has 4 nitrogen and oxygen atoms in total. The molecule has 1 heterocycles. The molecule has 0 amide bonds. The van der Waals surface area contributed by atoms with Gasteiger partial charge in [-0.05, 0) is 37.1 Å². The lowest BCUT2D eigenvalue weighted by Gasteiger charge is -2.20. The van der Waals surface area contributed by atoms with Crippen molar-refractivity contribution in [1.82, 2.24) is 15.1 Å². The Labute approximate surface area is 120 Å². The Kier molecular flexibility index (Phi) is 5.18. The van der Waals surface area contributed by atoms with Gasteiger partial charge < -0.3 is 10.1 Å². The molecular weight excluding hydrogens is 250 g/mol. The van der Waals surface area contributed by atoms with Crippen LogP contribution in [0.2, 0.25) is 0 Å². The van der Waals surface area contributed by atoms with Gasteiger partial charge in [0.2, 0.25) is 0 Å². The lowest BCUT2D eigenvalue weighted by molar-refractivity contribution is 0.403. The van der Waals surface area contributed by atoms with Crippen molar-refractivity contribution in [1.29, 1.82) is 0 Å².